The second-order valence-corrected chi connectivity index (χ2v) is 6.32. The first kappa shape index (κ1) is 13.5. The molecule has 1 aromatic carbocycles. The average molecular weight is 315 g/mol. The summed E-state index contributed by atoms with van der Waals surface area (Å²) in [5.74, 6) is 1.65. The Labute approximate surface area is 139 Å². The number of hydrogen-bond donors (Lipinski definition) is 1. The fraction of sp³-hybridized carbons (Fsp3) is 0.211. The molecule has 0 aliphatic heterocycles. The standard InChI is InChI=1S/C19H17N5/c1-3-14-4-2-8-20-17(14)15(5-1)16-12-23-19-18(21-9-10-24(16)19)22-11-13-6-7-13/h1-5,8-10,12-13H,6-7,11H2,(H,21,22). The Balaban J connectivity index is 1.65. The first-order valence-corrected chi connectivity index (χ1v) is 8.30. The van der Waals surface area contributed by atoms with E-state index in [2.05, 4.69) is 48.9 Å². The Morgan fingerprint density at radius 2 is 1.96 bits per heavy atom. The monoisotopic (exact) mass is 315 g/mol. The molecule has 1 aliphatic rings. The van der Waals surface area contributed by atoms with Gasteiger partial charge in [-0.2, -0.15) is 0 Å². The van der Waals surface area contributed by atoms with E-state index >= 15 is 0 Å². The van der Waals surface area contributed by atoms with Crippen LogP contribution in [0.3, 0.4) is 0 Å². The van der Waals surface area contributed by atoms with Crippen LogP contribution in [0, 0.1) is 5.92 Å². The Bertz CT molecular complexity index is 1030. The fourth-order valence-electron chi connectivity index (χ4n) is 3.12. The first-order valence-electron chi connectivity index (χ1n) is 8.30. The molecule has 1 aliphatic carbocycles. The molecule has 1 N–H and O–H groups in total. The van der Waals surface area contributed by atoms with E-state index in [1.54, 1.807) is 0 Å². The summed E-state index contributed by atoms with van der Waals surface area (Å²) in [6, 6.07) is 10.3. The average Bonchev–Trinajstić information content (AvgIpc) is 3.36. The molecule has 5 heteroatoms. The highest BCUT2D eigenvalue weighted by molar-refractivity contribution is 5.93. The van der Waals surface area contributed by atoms with E-state index in [0.29, 0.717) is 0 Å². The number of hydrogen-bond acceptors (Lipinski definition) is 4. The van der Waals surface area contributed by atoms with Gasteiger partial charge in [0.05, 0.1) is 17.4 Å². The molecule has 0 spiro atoms. The number of nitrogens with zero attached hydrogens (tertiary/aromatic N) is 4. The lowest BCUT2D eigenvalue weighted by Gasteiger charge is -2.08. The minimum atomic E-state index is 0.795. The number of benzene rings is 1. The van der Waals surface area contributed by atoms with E-state index in [1.807, 2.05) is 30.9 Å². The van der Waals surface area contributed by atoms with Crippen LogP contribution >= 0.6 is 0 Å². The zero-order chi connectivity index (χ0) is 15.9. The Morgan fingerprint density at radius 3 is 2.88 bits per heavy atom. The molecule has 0 unspecified atom stereocenters. The largest absolute Gasteiger partial charge is 0.367 e. The lowest BCUT2D eigenvalue weighted by Crippen LogP contribution is -2.06. The molecular weight excluding hydrogens is 298 g/mol. The van der Waals surface area contributed by atoms with Gasteiger partial charge in [0, 0.05) is 36.1 Å². The Hall–Kier alpha value is -2.95. The van der Waals surface area contributed by atoms with Crippen molar-refractivity contribution >= 4 is 22.4 Å². The Morgan fingerprint density at radius 1 is 1.04 bits per heavy atom. The summed E-state index contributed by atoms with van der Waals surface area (Å²) in [6.45, 7) is 0.977. The van der Waals surface area contributed by atoms with Gasteiger partial charge >= 0.3 is 0 Å². The van der Waals surface area contributed by atoms with E-state index in [9.17, 15) is 0 Å². The lowest BCUT2D eigenvalue weighted by atomic mass is 10.1. The maximum absolute atomic E-state index is 4.61. The van der Waals surface area contributed by atoms with Gasteiger partial charge < -0.3 is 5.32 Å². The van der Waals surface area contributed by atoms with Crippen LogP contribution in [0.1, 0.15) is 12.8 Å². The van der Waals surface area contributed by atoms with Crippen LogP contribution in [0.2, 0.25) is 0 Å². The third-order valence-electron chi connectivity index (χ3n) is 4.59. The molecule has 118 valence electrons. The molecule has 5 rings (SSSR count). The molecule has 1 saturated carbocycles. The highest BCUT2D eigenvalue weighted by Gasteiger charge is 2.21. The second kappa shape index (κ2) is 5.30. The predicted molar refractivity (Wildman–Crippen MR) is 94.9 cm³/mol. The third kappa shape index (κ3) is 2.21. The van der Waals surface area contributed by atoms with Crippen molar-refractivity contribution < 1.29 is 0 Å². The topological polar surface area (TPSA) is 55.1 Å². The van der Waals surface area contributed by atoms with Crippen LogP contribution in [0.25, 0.3) is 27.8 Å². The van der Waals surface area contributed by atoms with Gasteiger partial charge in [-0.15, -0.1) is 0 Å². The van der Waals surface area contributed by atoms with E-state index in [1.165, 1.54) is 12.8 Å². The van der Waals surface area contributed by atoms with Crippen LogP contribution in [0.5, 0.6) is 0 Å². The maximum Gasteiger partial charge on any atom is 0.180 e. The zero-order valence-corrected chi connectivity index (χ0v) is 13.2. The van der Waals surface area contributed by atoms with Crippen molar-refractivity contribution in [1.29, 1.82) is 0 Å². The van der Waals surface area contributed by atoms with E-state index in [4.69, 9.17) is 0 Å². The molecule has 4 aromatic rings. The number of anilines is 1. The smallest absolute Gasteiger partial charge is 0.180 e. The van der Waals surface area contributed by atoms with Gasteiger partial charge in [0.2, 0.25) is 0 Å². The summed E-state index contributed by atoms with van der Waals surface area (Å²) >= 11 is 0. The molecule has 0 bridgehead atoms. The van der Waals surface area contributed by atoms with E-state index in [-0.39, 0.29) is 0 Å². The van der Waals surface area contributed by atoms with E-state index < -0.39 is 0 Å². The van der Waals surface area contributed by atoms with Crippen LogP contribution in [-0.4, -0.2) is 25.9 Å². The summed E-state index contributed by atoms with van der Waals surface area (Å²) in [6.07, 6.45) is 10.2. The minimum absolute atomic E-state index is 0.795. The summed E-state index contributed by atoms with van der Waals surface area (Å²) in [5, 5.41) is 4.57. The first-order chi connectivity index (χ1) is 11.9. The van der Waals surface area contributed by atoms with Gasteiger partial charge in [-0.1, -0.05) is 24.3 Å². The van der Waals surface area contributed by atoms with E-state index in [0.717, 1.165) is 46.1 Å². The predicted octanol–water partition coefficient (Wildman–Crippen LogP) is 3.77. The molecular formula is C19H17N5. The summed E-state index contributed by atoms with van der Waals surface area (Å²) in [4.78, 5) is 13.6. The van der Waals surface area contributed by atoms with Crippen molar-refractivity contribution in [3.05, 3.63) is 55.1 Å². The highest BCUT2D eigenvalue weighted by Crippen LogP contribution is 2.31. The Kier molecular flexibility index (Phi) is 2.98. The van der Waals surface area contributed by atoms with Crippen molar-refractivity contribution in [2.75, 3.05) is 11.9 Å². The van der Waals surface area contributed by atoms with Crippen LogP contribution < -0.4 is 5.32 Å². The lowest BCUT2D eigenvalue weighted by molar-refractivity contribution is 0.881. The highest BCUT2D eigenvalue weighted by atomic mass is 15.1. The van der Waals surface area contributed by atoms with Crippen LogP contribution in [0.15, 0.2) is 55.1 Å². The SMILES string of the molecule is c1cnc2c(-c3cnc4c(NCC5CC5)nccn34)cccc2c1. The third-order valence-corrected chi connectivity index (χ3v) is 4.59. The summed E-state index contributed by atoms with van der Waals surface area (Å²) < 4.78 is 2.09. The van der Waals surface area contributed by atoms with Crippen molar-refractivity contribution in [2.24, 2.45) is 5.92 Å². The number of pyridine rings is 1. The summed E-state index contributed by atoms with van der Waals surface area (Å²) in [7, 11) is 0. The molecule has 0 amide bonds. The second-order valence-electron chi connectivity index (χ2n) is 6.32. The molecule has 0 atom stereocenters. The van der Waals surface area contributed by atoms with Gasteiger partial charge in [0.15, 0.2) is 11.5 Å². The quantitative estimate of drug-likeness (QED) is 0.623. The van der Waals surface area contributed by atoms with Crippen LogP contribution in [0.4, 0.5) is 5.82 Å². The van der Waals surface area contributed by atoms with Gasteiger partial charge in [-0.05, 0) is 24.8 Å². The summed E-state index contributed by atoms with van der Waals surface area (Å²) in [5.41, 5.74) is 3.97. The minimum Gasteiger partial charge on any atom is -0.367 e. The molecule has 0 radical (unpaired) electrons. The number of nitrogens with one attached hydrogen (secondary N) is 1. The molecule has 0 saturated heterocycles. The number of rotatable bonds is 4. The van der Waals surface area contributed by atoms with Gasteiger partial charge in [0.1, 0.15) is 0 Å². The number of imidazole rings is 1. The molecule has 3 heterocycles. The molecule has 24 heavy (non-hydrogen) atoms. The fourth-order valence-corrected chi connectivity index (χ4v) is 3.12. The van der Waals surface area contributed by atoms with Gasteiger partial charge in [0.25, 0.3) is 0 Å². The van der Waals surface area contributed by atoms with Crippen LogP contribution in [-0.2, 0) is 0 Å². The normalized spacial score (nSPS) is 14.3. The molecule has 1 fully saturated rings. The number of para-hydroxylation sites is 1. The van der Waals surface area contributed by atoms with Gasteiger partial charge in [-0.25, -0.2) is 9.97 Å². The molecule has 3 aromatic heterocycles. The number of aromatic nitrogens is 4. The van der Waals surface area contributed by atoms with Gasteiger partial charge in [-0.3, -0.25) is 9.38 Å². The van der Waals surface area contributed by atoms with Crippen molar-refractivity contribution in [2.45, 2.75) is 12.8 Å². The maximum atomic E-state index is 4.61. The number of fused-ring (bicyclic) bond motifs is 2. The van der Waals surface area contributed by atoms with Crippen molar-refractivity contribution in [3.63, 3.8) is 0 Å². The zero-order valence-electron chi connectivity index (χ0n) is 13.2. The van der Waals surface area contributed by atoms with Crippen molar-refractivity contribution in [1.82, 2.24) is 19.4 Å². The molecule has 5 nitrogen and oxygen atoms in total. The van der Waals surface area contributed by atoms with Crippen molar-refractivity contribution in [3.8, 4) is 11.3 Å².